The second-order valence-corrected chi connectivity index (χ2v) is 5.96. The first-order valence-electron chi connectivity index (χ1n) is 6.65. The van der Waals surface area contributed by atoms with Crippen LogP contribution in [0.1, 0.15) is 40.7 Å². The number of likely N-dealkylation sites (tertiary alicyclic amines) is 1. The van der Waals surface area contributed by atoms with Crippen molar-refractivity contribution in [3.05, 3.63) is 51.8 Å². The molecule has 1 atom stereocenters. The van der Waals surface area contributed by atoms with Crippen LogP contribution in [-0.4, -0.2) is 22.5 Å². The zero-order valence-electron chi connectivity index (χ0n) is 11.2. The van der Waals surface area contributed by atoms with Gasteiger partial charge < -0.3 is 9.42 Å². The molecule has 1 aromatic heterocycles. The number of benzene rings is 1. The number of amides is 1. The quantitative estimate of drug-likeness (QED) is 0.840. The van der Waals surface area contributed by atoms with Crippen molar-refractivity contribution in [3.63, 3.8) is 0 Å². The summed E-state index contributed by atoms with van der Waals surface area (Å²) in [6.45, 7) is 2.58. The van der Waals surface area contributed by atoms with E-state index < -0.39 is 0 Å². The van der Waals surface area contributed by atoms with Crippen LogP contribution in [0.15, 0.2) is 39.3 Å². The Morgan fingerprint density at radius 3 is 2.80 bits per heavy atom. The van der Waals surface area contributed by atoms with Crippen LogP contribution in [0.25, 0.3) is 0 Å². The first-order valence-corrected chi connectivity index (χ1v) is 7.44. The first kappa shape index (κ1) is 13.4. The van der Waals surface area contributed by atoms with Crippen molar-refractivity contribution >= 4 is 21.8 Å². The molecule has 0 saturated carbocycles. The zero-order valence-corrected chi connectivity index (χ0v) is 12.8. The molecule has 104 valence electrons. The molecule has 1 fully saturated rings. The van der Waals surface area contributed by atoms with Gasteiger partial charge in [-0.05, 0) is 37.5 Å². The molecular formula is C15H15BrN2O2. The van der Waals surface area contributed by atoms with Crippen molar-refractivity contribution in [2.75, 3.05) is 6.54 Å². The molecule has 2 aromatic rings. The highest BCUT2D eigenvalue weighted by molar-refractivity contribution is 9.10. The van der Waals surface area contributed by atoms with Gasteiger partial charge in [-0.25, -0.2) is 0 Å². The molecule has 0 N–H and O–H groups in total. The van der Waals surface area contributed by atoms with E-state index in [1.54, 1.807) is 6.07 Å². The monoisotopic (exact) mass is 334 g/mol. The Morgan fingerprint density at radius 2 is 2.15 bits per heavy atom. The molecular weight excluding hydrogens is 320 g/mol. The van der Waals surface area contributed by atoms with Crippen molar-refractivity contribution in [2.24, 2.45) is 0 Å². The Hall–Kier alpha value is -1.62. The zero-order chi connectivity index (χ0) is 14.1. The minimum absolute atomic E-state index is 0.0731. The van der Waals surface area contributed by atoms with Gasteiger partial charge in [0, 0.05) is 17.1 Å². The lowest BCUT2D eigenvalue weighted by molar-refractivity contribution is 0.0693. The summed E-state index contributed by atoms with van der Waals surface area (Å²) in [7, 11) is 0. The third-order valence-corrected chi connectivity index (χ3v) is 4.14. The van der Waals surface area contributed by atoms with Crippen LogP contribution in [-0.2, 0) is 0 Å². The third kappa shape index (κ3) is 2.50. The van der Waals surface area contributed by atoms with Gasteiger partial charge in [0.05, 0.1) is 11.7 Å². The number of rotatable bonds is 2. The summed E-state index contributed by atoms with van der Waals surface area (Å²) in [5, 5.41) is 3.79. The molecule has 1 unspecified atom stereocenters. The molecule has 20 heavy (non-hydrogen) atoms. The Labute approximate surface area is 125 Å². The minimum atomic E-state index is -0.0731. The molecule has 1 aliphatic rings. The average Bonchev–Trinajstić information content (AvgIpc) is 3.07. The molecule has 1 aliphatic heterocycles. The lowest BCUT2D eigenvalue weighted by Crippen LogP contribution is -2.30. The summed E-state index contributed by atoms with van der Waals surface area (Å²) in [4.78, 5) is 14.4. The maximum Gasteiger partial charge on any atom is 0.292 e. The molecule has 0 aliphatic carbocycles. The fourth-order valence-electron chi connectivity index (χ4n) is 2.65. The van der Waals surface area contributed by atoms with Crippen molar-refractivity contribution in [2.45, 2.75) is 25.8 Å². The van der Waals surface area contributed by atoms with Crippen LogP contribution in [0.4, 0.5) is 0 Å². The third-order valence-electron chi connectivity index (χ3n) is 3.61. The van der Waals surface area contributed by atoms with E-state index in [1.165, 1.54) is 0 Å². The Bertz CT molecular complexity index is 621. The molecule has 1 amide bonds. The van der Waals surface area contributed by atoms with Crippen LogP contribution in [0.3, 0.4) is 0 Å². The Balaban J connectivity index is 1.85. The summed E-state index contributed by atoms with van der Waals surface area (Å²) >= 11 is 3.43. The second kappa shape index (κ2) is 5.40. The van der Waals surface area contributed by atoms with Crippen molar-refractivity contribution in [1.82, 2.24) is 10.1 Å². The number of aromatic nitrogens is 1. The number of carbonyl (C=O) groups excluding carboxylic acids is 1. The van der Waals surface area contributed by atoms with E-state index in [-0.39, 0.29) is 11.9 Å². The largest absolute Gasteiger partial charge is 0.351 e. The van der Waals surface area contributed by atoms with Gasteiger partial charge in [-0.1, -0.05) is 33.2 Å². The van der Waals surface area contributed by atoms with E-state index in [0.29, 0.717) is 5.76 Å². The van der Waals surface area contributed by atoms with Gasteiger partial charge in [0.1, 0.15) is 0 Å². The van der Waals surface area contributed by atoms with Crippen molar-refractivity contribution in [1.29, 1.82) is 0 Å². The number of hydrogen-bond donors (Lipinski definition) is 0. The van der Waals surface area contributed by atoms with Gasteiger partial charge >= 0.3 is 0 Å². The van der Waals surface area contributed by atoms with Crippen LogP contribution < -0.4 is 0 Å². The van der Waals surface area contributed by atoms with E-state index in [4.69, 9.17) is 4.52 Å². The lowest BCUT2D eigenvalue weighted by Gasteiger charge is -2.24. The van der Waals surface area contributed by atoms with Crippen LogP contribution in [0, 0.1) is 6.92 Å². The Kier molecular flexibility index (Phi) is 3.61. The van der Waals surface area contributed by atoms with Gasteiger partial charge in [0.25, 0.3) is 5.91 Å². The predicted octanol–water partition coefficient (Wildman–Crippen LogP) is 3.72. The smallest absolute Gasteiger partial charge is 0.292 e. The SMILES string of the molecule is Cc1cc(C(=O)N2CCCC2c2ccc(Br)cc2)on1. The molecule has 0 bridgehead atoms. The fraction of sp³-hybridized carbons (Fsp3) is 0.333. The average molecular weight is 335 g/mol. The summed E-state index contributed by atoms with van der Waals surface area (Å²) in [5.74, 6) is 0.252. The molecule has 4 nitrogen and oxygen atoms in total. The molecule has 5 heteroatoms. The first-order chi connectivity index (χ1) is 9.65. The molecule has 0 spiro atoms. The van der Waals surface area contributed by atoms with Crippen LogP contribution in [0.2, 0.25) is 0 Å². The summed E-state index contributed by atoms with van der Waals surface area (Å²) in [5.41, 5.74) is 1.89. The fourth-order valence-corrected chi connectivity index (χ4v) is 2.91. The van der Waals surface area contributed by atoms with E-state index in [0.717, 1.165) is 35.1 Å². The highest BCUT2D eigenvalue weighted by Crippen LogP contribution is 2.33. The lowest BCUT2D eigenvalue weighted by atomic mass is 10.0. The van der Waals surface area contributed by atoms with Crippen LogP contribution >= 0.6 is 15.9 Å². The van der Waals surface area contributed by atoms with Crippen molar-refractivity contribution in [3.8, 4) is 0 Å². The highest BCUT2D eigenvalue weighted by Gasteiger charge is 2.32. The van der Waals surface area contributed by atoms with E-state index >= 15 is 0 Å². The molecule has 1 saturated heterocycles. The van der Waals surface area contributed by atoms with Gasteiger partial charge in [-0.2, -0.15) is 0 Å². The molecule has 3 rings (SSSR count). The number of nitrogens with zero attached hydrogens (tertiary/aromatic N) is 2. The molecule has 2 heterocycles. The highest BCUT2D eigenvalue weighted by atomic mass is 79.9. The van der Waals surface area contributed by atoms with Crippen molar-refractivity contribution < 1.29 is 9.32 Å². The summed E-state index contributed by atoms with van der Waals surface area (Å²) < 4.78 is 6.14. The predicted molar refractivity (Wildman–Crippen MR) is 78.4 cm³/mol. The Morgan fingerprint density at radius 1 is 1.40 bits per heavy atom. The van der Waals surface area contributed by atoms with Gasteiger partial charge in [-0.3, -0.25) is 4.79 Å². The maximum absolute atomic E-state index is 12.5. The van der Waals surface area contributed by atoms with Gasteiger partial charge in [0.2, 0.25) is 5.76 Å². The van der Waals surface area contributed by atoms with Crippen LogP contribution in [0.5, 0.6) is 0 Å². The number of halogens is 1. The van der Waals surface area contributed by atoms with E-state index in [2.05, 4.69) is 33.2 Å². The second-order valence-electron chi connectivity index (χ2n) is 5.04. The normalized spacial score (nSPS) is 18.5. The maximum atomic E-state index is 12.5. The van der Waals surface area contributed by atoms with E-state index in [1.807, 2.05) is 24.0 Å². The molecule has 1 aromatic carbocycles. The number of hydrogen-bond acceptors (Lipinski definition) is 3. The summed E-state index contributed by atoms with van der Waals surface area (Å²) in [6.07, 6.45) is 2.00. The minimum Gasteiger partial charge on any atom is -0.351 e. The molecule has 0 radical (unpaired) electrons. The topological polar surface area (TPSA) is 46.3 Å². The van der Waals surface area contributed by atoms with Gasteiger partial charge in [-0.15, -0.1) is 0 Å². The number of aryl methyl sites for hydroxylation is 1. The summed E-state index contributed by atoms with van der Waals surface area (Å²) in [6, 6.07) is 9.96. The van der Waals surface area contributed by atoms with E-state index in [9.17, 15) is 4.79 Å². The number of carbonyl (C=O) groups is 1. The van der Waals surface area contributed by atoms with Gasteiger partial charge in [0.15, 0.2) is 0 Å². The standard InChI is InChI=1S/C15H15BrN2O2/c1-10-9-14(20-17-10)15(19)18-8-2-3-13(18)11-4-6-12(16)7-5-11/h4-7,9,13H,2-3,8H2,1H3.